The first-order chi connectivity index (χ1) is 13.1. The highest BCUT2D eigenvalue weighted by molar-refractivity contribution is 6.33. The summed E-state index contributed by atoms with van der Waals surface area (Å²) in [4.78, 5) is 12.8. The van der Waals surface area contributed by atoms with Crippen molar-refractivity contribution in [3.8, 4) is 5.75 Å². The van der Waals surface area contributed by atoms with Crippen LogP contribution in [-0.2, 0) is 16.1 Å². The Morgan fingerprint density at radius 3 is 2.56 bits per heavy atom. The first kappa shape index (κ1) is 19.4. The highest BCUT2D eigenvalue weighted by atomic mass is 16.6. The van der Waals surface area contributed by atoms with Gasteiger partial charge >= 0.3 is 13.3 Å². The summed E-state index contributed by atoms with van der Waals surface area (Å²) < 4.78 is 10.6. The van der Waals surface area contributed by atoms with E-state index in [1.165, 1.54) is 0 Å². The van der Waals surface area contributed by atoms with Gasteiger partial charge in [0.1, 0.15) is 17.9 Å². The van der Waals surface area contributed by atoms with E-state index >= 15 is 0 Å². The van der Waals surface area contributed by atoms with E-state index in [1.54, 1.807) is 18.2 Å². The van der Waals surface area contributed by atoms with Crippen LogP contribution >= 0.6 is 0 Å². The number of benzene rings is 2. The lowest BCUT2D eigenvalue weighted by Crippen LogP contribution is -2.32. The molecule has 0 saturated heterocycles. The van der Waals surface area contributed by atoms with Crippen LogP contribution in [0.25, 0.3) is 0 Å². The zero-order valence-corrected chi connectivity index (χ0v) is 15.1. The molecule has 1 saturated carbocycles. The molecule has 7 heteroatoms. The second kappa shape index (κ2) is 9.55. The zero-order valence-electron chi connectivity index (χ0n) is 15.1. The molecule has 0 aliphatic heterocycles. The second-order valence-corrected chi connectivity index (χ2v) is 6.66. The Bertz CT molecular complexity index is 734. The number of rotatable bonds is 8. The molecule has 142 valence electrons. The van der Waals surface area contributed by atoms with Crippen LogP contribution in [0, 0.1) is 0 Å². The van der Waals surface area contributed by atoms with E-state index in [1.807, 2.05) is 36.4 Å². The van der Waals surface area contributed by atoms with Crippen LogP contribution < -0.4 is 9.97 Å². The van der Waals surface area contributed by atoms with Gasteiger partial charge < -0.3 is 19.4 Å². The van der Waals surface area contributed by atoms with Gasteiger partial charge in [0.25, 0.3) is 0 Å². The Balaban J connectivity index is 1.69. The standard InChI is InChI=1S/C20H24BNO5/c23-20(26-17-10-4-5-11-17)19(16-8-2-1-3-9-16)22-14-15-7-6-12-18(13-15)27-21(24)25/h1-3,6-9,12-13,17,19,22,24-25H,4-5,10-11,14H2/t19-/m0/s1. The average Bonchev–Trinajstić information content (AvgIpc) is 3.15. The SMILES string of the molecule is O=C(OC1CCCC1)[C@@H](NCc1cccc(OB(O)O)c1)c1ccccc1. The third-order valence-corrected chi connectivity index (χ3v) is 4.60. The summed E-state index contributed by atoms with van der Waals surface area (Å²) in [5.41, 5.74) is 1.70. The van der Waals surface area contributed by atoms with Crippen LogP contribution in [0.5, 0.6) is 5.75 Å². The predicted molar refractivity (Wildman–Crippen MR) is 102 cm³/mol. The molecule has 2 aromatic carbocycles. The van der Waals surface area contributed by atoms with Gasteiger partial charge in [-0.25, -0.2) is 4.79 Å². The van der Waals surface area contributed by atoms with Crippen molar-refractivity contribution in [2.24, 2.45) is 0 Å². The summed E-state index contributed by atoms with van der Waals surface area (Å²) in [6, 6.07) is 15.9. The highest BCUT2D eigenvalue weighted by Crippen LogP contribution is 2.24. The van der Waals surface area contributed by atoms with Crippen LogP contribution in [0.1, 0.15) is 42.9 Å². The molecular weight excluding hydrogens is 345 g/mol. The number of nitrogens with one attached hydrogen (secondary N) is 1. The smallest absolute Gasteiger partial charge is 0.512 e. The molecule has 0 amide bonds. The van der Waals surface area contributed by atoms with Crippen molar-refractivity contribution in [1.29, 1.82) is 0 Å². The van der Waals surface area contributed by atoms with Crippen molar-refractivity contribution in [1.82, 2.24) is 5.32 Å². The lowest BCUT2D eigenvalue weighted by atomic mass is 10.1. The van der Waals surface area contributed by atoms with Crippen LogP contribution in [0.4, 0.5) is 0 Å². The molecular formula is C20H24BNO5. The molecule has 1 fully saturated rings. The molecule has 1 aliphatic carbocycles. The number of carbonyl (C=O) groups is 1. The molecule has 27 heavy (non-hydrogen) atoms. The van der Waals surface area contributed by atoms with Gasteiger partial charge in [-0.3, -0.25) is 5.32 Å². The molecule has 0 spiro atoms. The maximum atomic E-state index is 12.8. The molecule has 1 atom stereocenters. The van der Waals surface area contributed by atoms with Gasteiger partial charge in [-0.15, -0.1) is 0 Å². The number of hydrogen-bond donors (Lipinski definition) is 3. The van der Waals surface area contributed by atoms with Gasteiger partial charge in [-0.1, -0.05) is 42.5 Å². The van der Waals surface area contributed by atoms with E-state index in [-0.39, 0.29) is 12.1 Å². The summed E-state index contributed by atoms with van der Waals surface area (Å²) in [7, 11) is -1.87. The molecule has 0 aromatic heterocycles. The number of carbonyl (C=O) groups excluding carboxylic acids is 1. The van der Waals surface area contributed by atoms with E-state index in [4.69, 9.17) is 19.4 Å². The number of esters is 1. The molecule has 0 radical (unpaired) electrons. The molecule has 3 rings (SSSR count). The van der Waals surface area contributed by atoms with Crippen molar-refractivity contribution >= 4 is 13.3 Å². The Labute approximate surface area is 159 Å². The maximum absolute atomic E-state index is 12.8. The normalized spacial score (nSPS) is 15.3. The van der Waals surface area contributed by atoms with Gasteiger partial charge in [0.05, 0.1) is 0 Å². The minimum Gasteiger partial charge on any atom is -0.512 e. The summed E-state index contributed by atoms with van der Waals surface area (Å²) in [6.45, 7) is 0.401. The molecule has 1 aliphatic rings. The Morgan fingerprint density at radius 2 is 1.85 bits per heavy atom. The minimum atomic E-state index is -1.87. The monoisotopic (exact) mass is 369 g/mol. The number of hydrogen-bond acceptors (Lipinski definition) is 6. The number of ether oxygens (including phenoxy) is 1. The van der Waals surface area contributed by atoms with Gasteiger partial charge in [0.15, 0.2) is 0 Å². The minimum absolute atomic E-state index is 0.00767. The van der Waals surface area contributed by atoms with Crippen LogP contribution in [0.2, 0.25) is 0 Å². The van der Waals surface area contributed by atoms with E-state index in [2.05, 4.69) is 5.32 Å². The highest BCUT2D eigenvalue weighted by Gasteiger charge is 2.26. The third-order valence-electron chi connectivity index (χ3n) is 4.60. The van der Waals surface area contributed by atoms with E-state index in [0.717, 1.165) is 36.8 Å². The van der Waals surface area contributed by atoms with Crippen molar-refractivity contribution in [2.45, 2.75) is 44.4 Å². The molecule has 3 N–H and O–H groups in total. The molecule has 6 nitrogen and oxygen atoms in total. The van der Waals surface area contributed by atoms with E-state index in [9.17, 15) is 4.79 Å². The largest absolute Gasteiger partial charge is 0.707 e. The van der Waals surface area contributed by atoms with Gasteiger partial charge in [0, 0.05) is 6.54 Å². The summed E-state index contributed by atoms with van der Waals surface area (Å²) in [6.07, 6.45) is 4.07. The van der Waals surface area contributed by atoms with Gasteiger partial charge in [-0.05, 0) is 48.9 Å². The zero-order chi connectivity index (χ0) is 19.1. The summed E-state index contributed by atoms with van der Waals surface area (Å²) in [5.74, 6) is 0.0698. The summed E-state index contributed by atoms with van der Waals surface area (Å²) >= 11 is 0. The van der Waals surface area contributed by atoms with Crippen molar-refractivity contribution < 1.29 is 24.2 Å². The topological polar surface area (TPSA) is 88.0 Å². The first-order valence-corrected chi connectivity index (χ1v) is 9.22. The van der Waals surface area contributed by atoms with Gasteiger partial charge in [0.2, 0.25) is 0 Å². The van der Waals surface area contributed by atoms with E-state index in [0.29, 0.717) is 12.3 Å². The third kappa shape index (κ3) is 5.82. The fourth-order valence-electron chi connectivity index (χ4n) is 3.29. The predicted octanol–water partition coefficient (Wildman–Crippen LogP) is 2.35. The van der Waals surface area contributed by atoms with Gasteiger partial charge in [-0.2, -0.15) is 0 Å². The van der Waals surface area contributed by atoms with Crippen molar-refractivity contribution in [3.05, 3.63) is 65.7 Å². The Morgan fingerprint density at radius 1 is 1.11 bits per heavy atom. The molecule has 2 aromatic rings. The second-order valence-electron chi connectivity index (χ2n) is 6.66. The molecule has 0 heterocycles. The van der Waals surface area contributed by atoms with E-state index < -0.39 is 13.4 Å². The first-order valence-electron chi connectivity index (χ1n) is 9.22. The van der Waals surface area contributed by atoms with Crippen molar-refractivity contribution in [2.75, 3.05) is 0 Å². The fourth-order valence-corrected chi connectivity index (χ4v) is 3.29. The quantitative estimate of drug-likeness (QED) is 0.489. The van der Waals surface area contributed by atoms with Crippen LogP contribution in [0.3, 0.4) is 0 Å². The average molecular weight is 369 g/mol. The summed E-state index contributed by atoms with van der Waals surface area (Å²) in [5, 5.41) is 21.1. The van der Waals surface area contributed by atoms with Crippen LogP contribution in [-0.4, -0.2) is 29.4 Å². The van der Waals surface area contributed by atoms with Crippen molar-refractivity contribution in [3.63, 3.8) is 0 Å². The lowest BCUT2D eigenvalue weighted by molar-refractivity contribution is -0.151. The fraction of sp³-hybridized carbons (Fsp3) is 0.350. The maximum Gasteiger partial charge on any atom is 0.707 e. The van der Waals surface area contributed by atoms with Crippen LogP contribution in [0.15, 0.2) is 54.6 Å². The lowest BCUT2D eigenvalue weighted by Gasteiger charge is -2.21. The molecule has 0 bridgehead atoms. The Kier molecular flexibility index (Phi) is 6.87. The molecule has 0 unspecified atom stereocenters. The Hall–Kier alpha value is -2.35.